The van der Waals surface area contributed by atoms with Crippen molar-refractivity contribution in [1.82, 2.24) is 4.98 Å². The maximum atomic E-state index is 4.07. The standard InChI is InChI=1S/C16H18N2/c1-3-18-12(2)10-15-11-14(4-5-16(15)18)13-6-8-17-9-7-13/h4-9,11-12H,3,10H2,1-2H3/t12-/m1/s1. The van der Waals surface area contributed by atoms with Crippen molar-refractivity contribution in [3.05, 3.63) is 48.3 Å². The highest BCUT2D eigenvalue weighted by molar-refractivity contribution is 5.70. The number of rotatable bonds is 2. The van der Waals surface area contributed by atoms with Crippen molar-refractivity contribution in [2.24, 2.45) is 0 Å². The molecule has 0 radical (unpaired) electrons. The lowest BCUT2D eigenvalue weighted by atomic mass is 10.0. The molecule has 0 amide bonds. The van der Waals surface area contributed by atoms with Crippen LogP contribution in [0.5, 0.6) is 0 Å². The molecule has 2 heterocycles. The largest absolute Gasteiger partial charge is 0.369 e. The monoisotopic (exact) mass is 238 g/mol. The van der Waals surface area contributed by atoms with Gasteiger partial charge in [-0.1, -0.05) is 6.07 Å². The molecule has 1 aliphatic heterocycles. The number of hydrogen-bond donors (Lipinski definition) is 0. The topological polar surface area (TPSA) is 16.1 Å². The van der Waals surface area contributed by atoms with E-state index < -0.39 is 0 Å². The summed E-state index contributed by atoms with van der Waals surface area (Å²) in [5.74, 6) is 0. The van der Waals surface area contributed by atoms with E-state index in [2.05, 4.69) is 54.1 Å². The zero-order chi connectivity index (χ0) is 12.5. The summed E-state index contributed by atoms with van der Waals surface area (Å²) in [7, 11) is 0. The second kappa shape index (κ2) is 4.45. The molecule has 0 spiro atoms. The molecule has 2 nitrogen and oxygen atoms in total. The predicted octanol–water partition coefficient (Wildman–Crippen LogP) is 3.52. The Kier molecular flexibility index (Phi) is 2.78. The van der Waals surface area contributed by atoms with Crippen LogP contribution in [0.1, 0.15) is 19.4 Å². The Morgan fingerprint density at radius 1 is 1.17 bits per heavy atom. The fourth-order valence-electron chi connectivity index (χ4n) is 2.90. The third-order valence-corrected chi connectivity index (χ3v) is 3.79. The molecule has 0 bridgehead atoms. The van der Waals surface area contributed by atoms with Gasteiger partial charge >= 0.3 is 0 Å². The van der Waals surface area contributed by atoms with Crippen molar-refractivity contribution in [2.75, 3.05) is 11.4 Å². The van der Waals surface area contributed by atoms with Gasteiger partial charge < -0.3 is 4.90 Å². The van der Waals surface area contributed by atoms with Gasteiger partial charge in [0.05, 0.1) is 0 Å². The molecular weight excluding hydrogens is 220 g/mol. The molecule has 92 valence electrons. The van der Waals surface area contributed by atoms with Crippen molar-refractivity contribution in [3.8, 4) is 11.1 Å². The third-order valence-electron chi connectivity index (χ3n) is 3.79. The number of hydrogen-bond acceptors (Lipinski definition) is 2. The highest BCUT2D eigenvalue weighted by Crippen LogP contribution is 2.34. The van der Waals surface area contributed by atoms with Crippen molar-refractivity contribution in [3.63, 3.8) is 0 Å². The molecule has 0 saturated heterocycles. The van der Waals surface area contributed by atoms with Crippen LogP contribution in [-0.2, 0) is 6.42 Å². The first-order chi connectivity index (χ1) is 8.79. The minimum atomic E-state index is 0.623. The number of pyridine rings is 1. The zero-order valence-electron chi connectivity index (χ0n) is 10.9. The number of nitrogens with zero attached hydrogens (tertiary/aromatic N) is 2. The van der Waals surface area contributed by atoms with Gasteiger partial charge in [0.15, 0.2) is 0 Å². The fourth-order valence-corrected chi connectivity index (χ4v) is 2.90. The minimum absolute atomic E-state index is 0.623. The van der Waals surface area contributed by atoms with Crippen LogP contribution in [0.25, 0.3) is 11.1 Å². The van der Waals surface area contributed by atoms with Crippen LogP contribution in [0, 0.1) is 0 Å². The quantitative estimate of drug-likeness (QED) is 0.795. The van der Waals surface area contributed by atoms with Gasteiger partial charge in [-0.2, -0.15) is 0 Å². The lowest BCUT2D eigenvalue weighted by molar-refractivity contribution is 0.690. The van der Waals surface area contributed by atoms with Crippen molar-refractivity contribution < 1.29 is 0 Å². The number of anilines is 1. The first-order valence-corrected chi connectivity index (χ1v) is 6.59. The molecule has 1 aromatic carbocycles. The van der Waals surface area contributed by atoms with Crippen molar-refractivity contribution >= 4 is 5.69 Å². The minimum Gasteiger partial charge on any atom is -0.369 e. The third kappa shape index (κ3) is 1.78. The van der Waals surface area contributed by atoms with Gasteiger partial charge in [-0.15, -0.1) is 0 Å². The van der Waals surface area contributed by atoms with E-state index >= 15 is 0 Å². The number of benzene rings is 1. The van der Waals surface area contributed by atoms with E-state index in [9.17, 15) is 0 Å². The van der Waals surface area contributed by atoms with E-state index in [0.29, 0.717) is 6.04 Å². The number of aromatic nitrogens is 1. The van der Waals surface area contributed by atoms with E-state index in [4.69, 9.17) is 0 Å². The highest BCUT2D eigenvalue weighted by Gasteiger charge is 2.24. The molecule has 0 fully saturated rings. The molecule has 0 aliphatic carbocycles. The van der Waals surface area contributed by atoms with Crippen LogP contribution in [0.15, 0.2) is 42.7 Å². The summed E-state index contributed by atoms with van der Waals surface area (Å²) in [6.07, 6.45) is 4.86. The van der Waals surface area contributed by atoms with Crippen LogP contribution in [0.4, 0.5) is 5.69 Å². The zero-order valence-corrected chi connectivity index (χ0v) is 10.9. The van der Waals surface area contributed by atoms with Crippen molar-refractivity contribution in [1.29, 1.82) is 0 Å². The van der Waals surface area contributed by atoms with Crippen molar-refractivity contribution in [2.45, 2.75) is 26.3 Å². The maximum absolute atomic E-state index is 4.07. The van der Waals surface area contributed by atoms with Crippen LogP contribution < -0.4 is 4.90 Å². The van der Waals surface area contributed by atoms with Gasteiger partial charge in [0.1, 0.15) is 0 Å². The Morgan fingerprint density at radius 2 is 1.94 bits per heavy atom. The lowest BCUT2D eigenvalue weighted by Crippen LogP contribution is -2.28. The number of fused-ring (bicyclic) bond motifs is 1. The van der Waals surface area contributed by atoms with Crippen LogP contribution in [0.3, 0.4) is 0 Å². The second-order valence-electron chi connectivity index (χ2n) is 4.92. The molecule has 3 rings (SSSR count). The first kappa shape index (κ1) is 11.3. The summed E-state index contributed by atoms with van der Waals surface area (Å²) >= 11 is 0. The van der Waals surface area contributed by atoms with E-state index in [1.807, 2.05) is 12.4 Å². The van der Waals surface area contributed by atoms with Gasteiger partial charge in [0, 0.05) is 30.7 Å². The average Bonchev–Trinajstić information content (AvgIpc) is 2.74. The molecule has 18 heavy (non-hydrogen) atoms. The van der Waals surface area contributed by atoms with Gasteiger partial charge in [-0.25, -0.2) is 0 Å². The summed E-state index contributed by atoms with van der Waals surface area (Å²) in [6.45, 7) is 5.61. The second-order valence-corrected chi connectivity index (χ2v) is 4.92. The molecule has 0 unspecified atom stereocenters. The Hall–Kier alpha value is -1.83. The summed E-state index contributed by atoms with van der Waals surface area (Å²) in [6, 6.07) is 11.6. The molecule has 1 atom stereocenters. The first-order valence-electron chi connectivity index (χ1n) is 6.59. The SMILES string of the molecule is CCN1c2ccc(-c3ccncc3)cc2C[C@H]1C. The Balaban J connectivity index is 2.01. The van der Waals surface area contributed by atoms with E-state index in [-0.39, 0.29) is 0 Å². The molecule has 2 aromatic rings. The normalized spacial score (nSPS) is 17.9. The van der Waals surface area contributed by atoms with Crippen LogP contribution in [-0.4, -0.2) is 17.6 Å². The Morgan fingerprint density at radius 3 is 2.67 bits per heavy atom. The van der Waals surface area contributed by atoms with E-state index in [1.165, 1.54) is 22.4 Å². The molecular formula is C16H18N2. The van der Waals surface area contributed by atoms with Crippen LogP contribution in [0.2, 0.25) is 0 Å². The Bertz CT molecular complexity index is 548. The van der Waals surface area contributed by atoms with E-state index in [1.54, 1.807) is 0 Å². The van der Waals surface area contributed by atoms with Gasteiger partial charge in [-0.3, -0.25) is 4.98 Å². The molecule has 1 aliphatic rings. The summed E-state index contributed by atoms with van der Waals surface area (Å²) < 4.78 is 0. The molecule has 2 heteroatoms. The number of likely N-dealkylation sites (N-methyl/N-ethyl adjacent to an activating group) is 1. The van der Waals surface area contributed by atoms with Crippen LogP contribution >= 0.6 is 0 Å². The summed E-state index contributed by atoms with van der Waals surface area (Å²) in [5.41, 5.74) is 5.41. The summed E-state index contributed by atoms with van der Waals surface area (Å²) in [4.78, 5) is 6.55. The van der Waals surface area contributed by atoms with Gasteiger partial charge in [0.25, 0.3) is 0 Å². The maximum Gasteiger partial charge on any atom is 0.0402 e. The van der Waals surface area contributed by atoms with E-state index in [0.717, 1.165) is 13.0 Å². The average molecular weight is 238 g/mol. The fraction of sp³-hybridized carbons (Fsp3) is 0.312. The van der Waals surface area contributed by atoms with Gasteiger partial charge in [-0.05, 0) is 61.2 Å². The predicted molar refractivity (Wildman–Crippen MR) is 75.9 cm³/mol. The molecule has 0 N–H and O–H groups in total. The highest BCUT2D eigenvalue weighted by atomic mass is 15.2. The molecule has 0 saturated carbocycles. The Labute approximate surface area is 108 Å². The lowest BCUT2D eigenvalue weighted by Gasteiger charge is -2.22. The summed E-state index contributed by atoms with van der Waals surface area (Å²) in [5, 5.41) is 0. The molecule has 1 aromatic heterocycles. The smallest absolute Gasteiger partial charge is 0.0402 e. The van der Waals surface area contributed by atoms with Gasteiger partial charge in [0.2, 0.25) is 0 Å².